The molecule has 1 aromatic rings. The minimum Gasteiger partial charge on any atom is -0.348 e. The van der Waals surface area contributed by atoms with Crippen LogP contribution in [0, 0.1) is 13.8 Å². The van der Waals surface area contributed by atoms with Crippen molar-refractivity contribution in [2.24, 2.45) is 0 Å². The Hall–Kier alpha value is -0.840. The summed E-state index contributed by atoms with van der Waals surface area (Å²) in [6, 6.07) is 3.97. The van der Waals surface area contributed by atoms with E-state index in [-0.39, 0.29) is 36.8 Å². The summed E-state index contributed by atoms with van der Waals surface area (Å²) < 4.78 is 0. The number of halogens is 2. The van der Waals surface area contributed by atoms with Gasteiger partial charge in [0.1, 0.15) is 0 Å². The average Bonchev–Trinajstić information content (AvgIpc) is 2.70. The zero-order valence-electron chi connectivity index (χ0n) is 10.5. The molecule has 0 saturated carbocycles. The fourth-order valence-electron chi connectivity index (χ4n) is 1.97. The van der Waals surface area contributed by atoms with Crippen LogP contribution in [0.25, 0.3) is 0 Å². The highest BCUT2D eigenvalue weighted by molar-refractivity contribution is 5.95. The van der Waals surface area contributed by atoms with Crippen LogP contribution in [0.5, 0.6) is 0 Å². The number of amides is 1. The van der Waals surface area contributed by atoms with Crippen molar-refractivity contribution in [2.45, 2.75) is 26.3 Å². The molecule has 6 heteroatoms. The molecule has 1 aliphatic heterocycles. The maximum absolute atomic E-state index is 12.0. The standard InChI is InChI=1S/C12H17N3O.2ClH/c1-8-3-4-11(9(2)14-8)12(16)15-10-5-6-13-7-10;;/h3-4,10,13H,5-7H2,1-2H3,(H,15,16);2*1H. The molecular formula is C12H19Cl2N3O. The van der Waals surface area contributed by atoms with Crippen LogP contribution in [0.2, 0.25) is 0 Å². The molecule has 2 heterocycles. The van der Waals surface area contributed by atoms with E-state index in [1.54, 1.807) is 0 Å². The van der Waals surface area contributed by atoms with Gasteiger partial charge >= 0.3 is 0 Å². The van der Waals surface area contributed by atoms with Gasteiger partial charge in [-0.25, -0.2) is 0 Å². The molecular weight excluding hydrogens is 273 g/mol. The number of carbonyl (C=O) groups is 1. The van der Waals surface area contributed by atoms with Gasteiger partial charge in [0, 0.05) is 18.3 Å². The number of nitrogens with zero attached hydrogens (tertiary/aromatic N) is 1. The molecule has 18 heavy (non-hydrogen) atoms. The predicted molar refractivity (Wildman–Crippen MR) is 76.9 cm³/mol. The molecule has 0 aromatic carbocycles. The molecule has 0 radical (unpaired) electrons. The Morgan fingerprint density at radius 1 is 1.39 bits per heavy atom. The van der Waals surface area contributed by atoms with Crippen LogP contribution in [0.15, 0.2) is 12.1 Å². The smallest absolute Gasteiger partial charge is 0.253 e. The van der Waals surface area contributed by atoms with E-state index in [1.807, 2.05) is 26.0 Å². The Balaban J connectivity index is 0.00000144. The topological polar surface area (TPSA) is 54.0 Å². The molecule has 1 aromatic heterocycles. The van der Waals surface area contributed by atoms with Gasteiger partial charge in [0.2, 0.25) is 0 Å². The monoisotopic (exact) mass is 291 g/mol. The number of carbonyl (C=O) groups excluding carboxylic acids is 1. The van der Waals surface area contributed by atoms with Gasteiger partial charge in [0.15, 0.2) is 0 Å². The molecule has 0 bridgehead atoms. The number of hydrogen-bond donors (Lipinski definition) is 2. The van der Waals surface area contributed by atoms with Crippen molar-refractivity contribution in [3.63, 3.8) is 0 Å². The van der Waals surface area contributed by atoms with E-state index in [4.69, 9.17) is 0 Å². The van der Waals surface area contributed by atoms with Crippen LogP contribution >= 0.6 is 24.8 Å². The normalized spacial score (nSPS) is 17.6. The Bertz CT molecular complexity index is 406. The van der Waals surface area contributed by atoms with Crippen molar-refractivity contribution in [1.82, 2.24) is 15.6 Å². The van der Waals surface area contributed by atoms with Crippen LogP contribution in [-0.4, -0.2) is 30.0 Å². The lowest BCUT2D eigenvalue weighted by atomic mass is 10.1. The van der Waals surface area contributed by atoms with Crippen LogP contribution < -0.4 is 10.6 Å². The Kier molecular flexibility index (Phi) is 7.21. The maximum atomic E-state index is 12.0. The Labute approximate surface area is 120 Å². The van der Waals surface area contributed by atoms with Crippen molar-refractivity contribution in [3.8, 4) is 0 Å². The summed E-state index contributed by atoms with van der Waals surface area (Å²) in [5, 5.41) is 6.24. The third kappa shape index (κ3) is 4.12. The van der Waals surface area contributed by atoms with E-state index in [0.29, 0.717) is 5.56 Å². The first-order chi connectivity index (χ1) is 7.66. The lowest BCUT2D eigenvalue weighted by molar-refractivity contribution is 0.0939. The number of nitrogens with one attached hydrogen (secondary N) is 2. The van der Waals surface area contributed by atoms with Crippen molar-refractivity contribution in [2.75, 3.05) is 13.1 Å². The van der Waals surface area contributed by atoms with Crippen molar-refractivity contribution < 1.29 is 4.79 Å². The van der Waals surface area contributed by atoms with Gasteiger partial charge in [-0.15, -0.1) is 24.8 Å². The van der Waals surface area contributed by atoms with Crippen molar-refractivity contribution in [3.05, 3.63) is 29.1 Å². The molecule has 4 nitrogen and oxygen atoms in total. The first kappa shape index (κ1) is 17.2. The summed E-state index contributed by atoms with van der Waals surface area (Å²) in [4.78, 5) is 16.2. The number of aryl methyl sites for hydroxylation is 2. The molecule has 0 aliphatic carbocycles. The first-order valence-corrected chi connectivity index (χ1v) is 5.62. The van der Waals surface area contributed by atoms with E-state index >= 15 is 0 Å². The predicted octanol–water partition coefficient (Wildman–Crippen LogP) is 1.63. The molecule has 1 amide bonds. The summed E-state index contributed by atoms with van der Waals surface area (Å²) in [7, 11) is 0. The average molecular weight is 292 g/mol. The van der Waals surface area contributed by atoms with E-state index in [0.717, 1.165) is 30.9 Å². The summed E-state index contributed by atoms with van der Waals surface area (Å²) in [5.41, 5.74) is 2.41. The summed E-state index contributed by atoms with van der Waals surface area (Å²) in [5.74, 6) is -0.0151. The van der Waals surface area contributed by atoms with Gasteiger partial charge in [-0.1, -0.05) is 0 Å². The number of rotatable bonds is 2. The zero-order chi connectivity index (χ0) is 11.5. The second-order valence-electron chi connectivity index (χ2n) is 4.25. The highest BCUT2D eigenvalue weighted by Gasteiger charge is 2.18. The minimum absolute atomic E-state index is 0. The summed E-state index contributed by atoms with van der Waals surface area (Å²) >= 11 is 0. The molecule has 1 unspecified atom stereocenters. The minimum atomic E-state index is -0.0151. The van der Waals surface area contributed by atoms with Crippen LogP contribution in [0.4, 0.5) is 0 Å². The fourth-order valence-corrected chi connectivity index (χ4v) is 1.97. The quantitative estimate of drug-likeness (QED) is 0.871. The highest BCUT2D eigenvalue weighted by Crippen LogP contribution is 2.07. The molecule has 2 N–H and O–H groups in total. The summed E-state index contributed by atoms with van der Waals surface area (Å²) in [6.45, 7) is 5.64. The second-order valence-corrected chi connectivity index (χ2v) is 4.25. The lowest BCUT2D eigenvalue weighted by Crippen LogP contribution is -2.36. The van der Waals surface area contributed by atoms with E-state index in [1.165, 1.54) is 0 Å². The zero-order valence-corrected chi connectivity index (χ0v) is 12.2. The number of aromatic nitrogens is 1. The molecule has 102 valence electrons. The van der Waals surface area contributed by atoms with E-state index in [9.17, 15) is 4.79 Å². The van der Waals surface area contributed by atoms with E-state index < -0.39 is 0 Å². The lowest BCUT2D eigenvalue weighted by Gasteiger charge is -2.12. The van der Waals surface area contributed by atoms with Crippen molar-refractivity contribution in [1.29, 1.82) is 0 Å². The maximum Gasteiger partial charge on any atom is 0.253 e. The van der Waals surface area contributed by atoms with Crippen LogP contribution in [-0.2, 0) is 0 Å². The molecule has 0 spiro atoms. The van der Waals surface area contributed by atoms with E-state index in [2.05, 4.69) is 15.6 Å². The third-order valence-electron chi connectivity index (χ3n) is 2.87. The van der Waals surface area contributed by atoms with Gasteiger partial charge in [0.05, 0.1) is 11.3 Å². The van der Waals surface area contributed by atoms with Gasteiger partial charge in [-0.3, -0.25) is 9.78 Å². The van der Waals surface area contributed by atoms with Crippen LogP contribution in [0.3, 0.4) is 0 Å². The molecule has 1 fully saturated rings. The fraction of sp³-hybridized carbons (Fsp3) is 0.500. The second kappa shape index (κ2) is 7.56. The largest absolute Gasteiger partial charge is 0.348 e. The molecule has 2 rings (SSSR count). The molecule has 1 aliphatic rings. The highest BCUT2D eigenvalue weighted by atomic mass is 35.5. The van der Waals surface area contributed by atoms with Gasteiger partial charge in [-0.2, -0.15) is 0 Å². The Morgan fingerprint density at radius 2 is 2.11 bits per heavy atom. The SMILES string of the molecule is Cc1ccc(C(=O)NC2CCNC2)c(C)n1.Cl.Cl. The van der Waals surface area contributed by atoms with Crippen LogP contribution in [0.1, 0.15) is 28.2 Å². The van der Waals surface area contributed by atoms with Gasteiger partial charge < -0.3 is 10.6 Å². The first-order valence-electron chi connectivity index (χ1n) is 5.62. The van der Waals surface area contributed by atoms with Gasteiger partial charge in [-0.05, 0) is 38.9 Å². The molecule has 1 saturated heterocycles. The van der Waals surface area contributed by atoms with Crippen molar-refractivity contribution >= 4 is 30.7 Å². The number of hydrogen-bond acceptors (Lipinski definition) is 3. The third-order valence-corrected chi connectivity index (χ3v) is 2.87. The van der Waals surface area contributed by atoms with Gasteiger partial charge in [0.25, 0.3) is 5.91 Å². The number of pyridine rings is 1. The molecule has 1 atom stereocenters. The Morgan fingerprint density at radius 3 is 2.67 bits per heavy atom. The summed E-state index contributed by atoms with van der Waals surface area (Å²) in [6.07, 6.45) is 1.00.